The summed E-state index contributed by atoms with van der Waals surface area (Å²) in [6.45, 7) is 0.185. The maximum Gasteiger partial charge on any atom is 0.233 e. The van der Waals surface area contributed by atoms with Crippen molar-refractivity contribution in [1.82, 2.24) is 4.90 Å². The number of imide groups is 1. The number of Topliss-reactive ketones (excluding diaryl/α,β-unsaturated/α-hetero) is 1. The molecule has 4 aromatic carbocycles. The number of nitrogens with zero attached hydrogens (tertiary/aromatic N) is 1. The van der Waals surface area contributed by atoms with E-state index in [1.54, 1.807) is 30.3 Å². The molecular weight excluding hydrogens is 802 g/mol. The van der Waals surface area contributed by atoms with Crippen LogP contribution in [0.5, 0.6) is 17.2 Å². The first-order chi connectivity index (χ1) is 25.6. The predicted molar refractivity (Wildman–Crippen MR) is 205 cm³/mol. The van der Waals surface area contributed by atoms with Crippen LogP contribution in [0, 0.1) is 23.7 Å². The van der Waals surface area contributed by atoms with Crippen LogP contribution in [0.4, 0.5) is 0 Å². The van der Waals surface area contributed by atoms with Gasteiger partial charge in [0.25, 0.3) is 0 Å². The molecule has 2 fully saturated rings. The monoisotopic (exact) mass is 835 g/mol. The van der Waals surface area contributed by atoms with E-state index >= 15 is 9.59 Å². The standard InChI is InChI=1S/C43H35Br2NO7/c1-53-33-21-31(37(44)38(45)40(33)50)36-27-16-17-28-35(42(52)46(41(28)51)19-18-23-12-14-26(47)15-13-23)30(27)20-32-39(49)29(24-8-4-2-5-9-24)22-34(48)43(32,36)25-10-6-3-7-11-25/h2-16,21-22,28,30,32,35-36,47,50H,17-20H2,1H3. The van der Waals surface area contributed by atoms with Crippen LogP contribution >= 0.6 is 31.9 Å². The minimum Gasteiger partial charge on any atom is -0.508 e. The van der Waals surface area contributed by atoms with Gasteiger partial charge in [-0.2, -0.15) is 0 Å². The number of carbonyl (C=O) groups excluding carboxylic acids is 4. The van der Waals surface area contributed by atoms with Crippen LogP contribution in [-0.2, 0) is 31.0 Å². The van der Waals surface area contributed by atoms with Gasteiger partial charge in [0.1, 0.15) is 5.75 Å². The molecule has 8 rings (SSSR count). The van der Waals surface area contributed by atoms with E-state index in [0.29, 0.717) is 44.1 Å². The highest BCUT2D eigenvalue weighted by atomic mass is 79.9. The second-order valence-corrected chi connectivity index (χ2v) is 15.8. The summed E-state index contributed by atoms with van der Waals surface area (Å²) in [6.07, 6.45) is 4.41. The van der Waals surface area contributed by atoms with Gasteiger partial charge in [-0.1, -0.05) is 84.4 Å². The number of methoxy groups -OCH3 is 1. The van der Waals surface area contributed by atoms with E-state index in [4.69, 9.17) is 4.74 Å². The summed E-state index contributed by atoms with van der Waals surface area (Å²) in [6, 6.07) is 26.9. The summed E-state index contributed by atoms with van der Waals surface area (Å²) in [5.74, 6) is -4.33. The van der Waals surface area contributed by atoms with Crippen molar-refractivity contribution in [2.24, 2.45) is 23.7 Å². The van der Waals surface area contributed by atoms with Crippen LogP contribution in [-0.4, -0.2) is 52.1 Å². The number of phenolic OH excluding ortho intramolecular Hbond substituents is 2. The number of halogens is 2. The van der Waals surface area contributed by atoms with E-state index in [1.165, 1.54) is 18.1 Å². The number of likely N-dealkylation sites (tertiary alicyclic amines) is 1. The van der Waals surface area contributed by atoms with Crippen molar-refractivity contribution < 1.29 is 34.1 Å². The summed E-state index contributed by atoms with van der Waals surface area (Å²) >= 11 is 7.27. The quantitative estimate of drug-likeness (QED) is 0.145. The molecule has 0 spiro atoms. The second-order valence-electron chi connectivity index (χ2n) is 14.2. The third kappa shape index (κ3) is 5.44. The molecule has 1 saturated carbocycles. The zero-order chi connectivity index (χ0) is 37.2. The molecule has 268 valence electrons. The average molecular weight is 838 g/mol. The minimum absolute atomic E-state index is 0.128. The molecule has 1 saturated heterocycles. The molecule has 1 aliphatic heterocycles. The van der Waals surface area contributed by atoms with Crippen LogP contribution in [0.25, 0.3) is 5.57 Å². The van der Waals surface area contributed by atoms with E-state index in [2.05, 4.69) is 31.9 Å². The van der Waals surface area contributed by atoms with Crippen LogP contribution in [0.2, 0.25) is 0 Å². The lowest BCUT2D eigenvalue weighted by atomic mass is 9.44. The highest BCUT2D eigenvalue weighted by Gasteiger charge is 2.66. The third-order valence-electron chi connectivity index (χ3n) is 11.7. The normalized spacial score (nSPS) is 26.4. The molecule has 3 aliphatic carbocycles. The van der Waals surface area contributed by atoms with Crippen LogP contribution in [0.1, 0.15) is 41.0 Å². The fraction of sp³-hybridized carbons (Fsp3) is 0.256. The van der Waals surface area contributed by atoms with Crippen LogP contribution in [0.15, 0.2) is 118 Å². The molecule has 6 unspecified atom stereocenters. The average Bonchev–Trinajstić information content (AvgIpc) is 3.43. The van der Waals surface area contributed by atoms with Crippen molar-refractivity contribution in [2.45, 2.75) is 30.6 Å². The van der Waals surface area contributed by atoms with Gasteiger partial charge in [-0.15, -0.1) is 0 Å². The number of rotatable bonds is 7. The Bertz CT molecular complexity index is 2230. The first kappa shape index (κ1) is 35.2. The molecule has 0 aromatic heterocycles. The molecule has 8 nitrogen and oxygen atoms in total. The van der Waals surface area contributed by atoms with E-state index in [1.807, 2.05) is 66.7 Å². The number of benzene rings is 4. The minimum atomic E-state index is -1.43. The fourth-order valence-corrected chi connectivity index (χ4v) is 10.3. The maximum atomic E-state index is 15.3. The van der Waals surface area contributed by atoms with Gasteiger partial charge in [0, 0.05) is 28.4 Å². The van der Waals surface area contributed by atoms with Crippen molar-refractivity contribution >= 4 is 60.8 Å². The molecule has 0 bridgehead atoms. The SMILES string of the molecule is COc1cc(C2C3=CCC4C(=O)N(CCc5ccc(O)cc5)C(=O)C4C3CC3C(=O)C(c4ccccc4)=CC(=O)C32c2ccccc2)c(Br)c(Br)c1O. The predicted octanol–water partition coefficient (Wildman–Crippen LogP) is 7.70. The zero-order valence-corrected chi connectivity index (χ0v) is 31.8. The Balaban J connectivity index is 1.32. The Hall–Kier alpha value is -4.80. The number of hydrogen-bond acceptors (Lipinski definition) is 7. The maximum absolute atomic E-state index is 15.3. The molecular formula is C43H35Br2NO7. The summed E-state index contributed by atoms with van der Waals surface area (Å²) in [5, 5.41) is 20.8. The van der Waals surface area contributed by atoms with Crippen LogP contribution in [0.3, 0.4) is 0 Å². The Morgan fingerprint density at radius 2 is 1.53 bits per heavy atom. The number of hydrogen-bond donors (Lipinski definition) is 2. The Morgan fingerprint density at radius 3 is 2.21 bits per heavy atom. The summed E-state index contributed by atoms with van der Waals surface area (Å²) in [7, 11) is 1.45. The van der Waals surface area contributed by atoms with Gasteiger partial charge >= 0.3 is 0 Å². The lowest BCUT2D eigenvalue weighted by molar-refractivity contribution is -0.140. The molecule has 4 aliphatic rings. The molecule has 1 heterocycles. The number of allylic oxidation sites excluding steroid dienone is 4. The first-order valence-corrected chi connectivity index (χ1v) is 19.2. The van der Waals surface area contributed by atoms with E-state index in [-0.39, 0.29) is 53.6 Å². The van der Waals surface area contributed by atoms with Crippen LogP contribution < -0.4 is 4.74 Å². The van der Waals surface area contributed by atoms with Gasteiger partial charge in [0.2, 0.25) is 11.8 Å². The molecule has 10 heteroatoms. The number of ether oxygens (including phenoxy) is 1. The molecule has 6 atom stereocenters. The lowest BCUT2D eigenvalue weighted by Gasteiger charge is -2.55. The second kappa shape index (κ2) is 13.6. The van der Waals surface area contributed by atoms with Crippen molar-refractivity contribution in [3.05, 3.63) is 140 Å². The molecule has 2 amide bonds. The van der Waals surface area contributed by atoms with Gasteiger partial charge in [-0.3, -0.25) is 24.1 Å². The highest BCUT2D eigenvalue weighted by Crippen LogP contribution is 2.65. The first-order valence-electron chi connectivity index (χ1n) is 17.6. The Labute approximate surface area is 323 Å². The Kier molecular flexibility index (Phi) is 9.02. The topological polar surface area (TPSA) is 121 Å². The zero-order valence-electron chi connectivity index (χ0n) is 28.7. The smallest absolute Gasteiger partial charge is 0.233 e. The van der Waals surface area contributed by atoms with Crippen molar-refractivity contribution in [2.75, 3.05) is 13.7 Å². The molecule has 0 radical (unpaired) electrons. The van der Waals surface area contributed by atoms with E-state index in [0.717, 1.165) is 11.1 Å². The van der Waals surface area contributed by atoms with Gasteiger partial charge in [-0.05, 0) is 104 Å². The number of carbonyl (C=O) groups is 4. The van der Waals surface area contributed by atoms with Gasteiger partial charge in [-0.25, -0.2) is 0 Å². The van der Waals surface area contributed by atoms with E-state index < -0.39 is 35.0 Å². The molecule has 53 heavy (non-hydrogen) atoms. The third-order valence-corrected chi connectivity index (χ3v) is 13.9. The number of aromatic hydroxyl groups is 2. The van der Waals surface area contributed by atoms with Crippen molar-refractivity contribution in [3.8, 4) is 17.2 Å². The number of amides is 2. The molecule has 4 aromatic rings. The van der Waals surface area contributed by atoms with Gasteiger partial charge in [0.15, 0.2) is 23.1 Å². The fourth-order valence-electron chi connectivity index (χ4n) is 9.39. The Morgan fingerprint density at radius 1 is 0.849 bits per heavy atom. The highest BCUT2D eigenvalue weighted by molar-refractivity contribution is 9.13. The number of ketones is 2. The van der Waals surface area contributed by atoms with Gasteiger partial charge < -0.3 is 14.9 Å². The molecule has 2 N–H and O–H groups in total. The van der Waals surface area contributed by atoms with E-state index in [9.17, 15) is 19.8 Å². The van der Waals surface area contributed by atoms with Gasteiger partial charge in [0.05, 0.1) is 28.8 Å². The summed E-state index contributed by atoms with van der Waals surface area (Å²) < 4.78 is 6.44. The summed E-state index contributed by atoms with van der Waals surface area (Å²) in [5.41, 5.74) is 2.48. The van der Waals surface area contributed by atoms with Crippen molar-refractivity contribution in [1.29, 1.82) is 0 Å². The summed E-state index contributed by atoms with van der Waals surface area (Å²) in [4.78, 5) is 60.4. The number of fused-ring (bicyclic) bond motifs is 4. The number of phenols is 2. The largest absolute Gasteiger partial charge is 0.508 e. The van der Waals surface area contributed by atoms with Crippen molar-refractivity contribution in [3.63, 3.8) is 0 Å². The lowest BCUT2D eigenvalue weighted by Crippen LogP contribution is -2.59.